The van der Waals surface area contributed by atoms with Crippen LogP contribution < -0.4 is 0 Å². The maximum Gasteiger partial charge on any atom is -0.00155 e. The number of hydrogen-bond acceptors (Lipinski definition) is 1. The van der Waals surface area contributed by atoms with Crippen LogP contribution in [0.4, 0.5) is 0 Å². The lowest BCUT2D eigenvalue weighted by molar-refractivity contribution is 0.991. The van der Waals surface area contributed by atoms with Crippen LogP contribution >= 0.6 is 12.6 Å². The fourth-order valence-corrected chi connectivity index (χ4v) is 2.17. The van der Waals surface area contributed by atoms with E-state index < -0.39 is 0 Å². The van der Waals surface area contributed by atoms with Gasteiger partial charge in [0.1, 0.15) is 0 Å². The van der Waals surface area contributed by atoms with Crippen molar-refractivity contribution in [3.05, 3.63) is 58.5 Å². The topological polar surface area (TPSA) is 0 Å². The summed E-state index contributed by atoms with van der Waals surface area (Å²) >= 11 is 4.52. The molecule has 1 heteroatoms. The minimum absolute atomic E-state index is 0.985. The molecule has 1 aromatic rings. The van der Waals surface area contributed by atoms with Gasteiger partial charge in [0.2, 0.25) is 0 Å². The number of allylic oxidation sites excluding steroid dienone is 3. The lowest BCUT2D eigenvalue weighted by atomic mass is 10.0. The van der Waals surface area contributed by atoms with Crippen LogP contribution in [0.3, 0.4) is 0 Å². The highest BCUT2D eigenvalue weighted by Crippen LogP contribution is 2.27. The molecule has 1 aliphatic rings. The van der Waals surface area contributed by atoms with Gasteiger partial charge in [-0.05, 0) is 40.9 Å². The van der Waals surface area contributed by atoms with Crippen molar-refractivity contribution in [2.75, 3.05) is 0 Å². The summed E-state index contributed by atoms with van der Waals surface area (Å²) in [5, 5.41) is 0. The highest BCUT2D eigenvalue weighted by Gasteiger charge is 2.10. The smallest absolute Gasteiger partial charge is 0.00155 e. The molecule has 0 nitrogen and oxygen atoms in total. The fraction of sp³-hybridized carbons (Fsp3) is 0.231. The Balaban J connectivity index is 2.41. The van der Waals surface area contributed by atoms with Crippen molar-refractivity contribution in [2.45, 2.75) is 19.3 Å². The maximum atomic E-state index is 4.52. The Kier molecular flexibility index (Phi) is 2.78. The molecule has 0 saturated heterocycles. The molecule has 0 heterocycles. The molecule has 2 rings (SSSR count). The van der Waals surface area contributed by atoms with Crippen molar-refractivity contribution >= 4 is 12.6 Å². The zero-order valence-electron chi connectivity index (χ0n) is 8.16. The van der Waals surface area contributed by atoms with E-state index in [0.717, 1.165) is 19.3 Å². The van der Waals surface area contributed by atoms with E-state index in [0.29, 0.717) is 0 Å². The monoisotopic (exact) mass is 202 g/mol. The van der Waals surface area contributed by atoms with Gasteiger partial charge >= 0.3 is 0 Å². The number of aryl methyl sites for hydroxylation is 1. The third-order valence-electron chi connectivity index (χ3n) is 2.75. The number of rotatable bonds is 1. The van der Waals surface area contributed by atoms with E-state index in [2.05, 4.69) is 43.5 Å². The van der Waals surface area contributed by atoms with Gasteiger partial charge in [0.25, 0.3) is 0 Å². The predicted molar refractivity (Wildman–Crippen MR) is 64.7 cm³/mol. The van der Waals surface area contributed by atoms with Gasteiger partial charge in [-0.1, -0.05) is 36.9 Å². The average Bonchev–Trinajstić information content (AvgIpc) is 2.38. The van der Waals surface area contributed by atoms with Gasteiger partial charge in [-0.15, -0.1) is 12.6 Å². The van der Waals surface area contributed by atoms with Gasteiger partial charge in [0.15, 0.2) is 0 Å². The molecule has 1 aliphatic carbocycles. The maximum absolute atomic E-state index is 4.52. The molecule has 0 radical (unpaired) electrons. The zero-order valence-corrected chi connectivity index (χ0v) is 9.06. The Morgan fingerprint density at radius 1 is 1.14 bits per heavy atom. The molecule has 0 aromatic heterocycles. The molecule has 0 unspecified atom stereocenters. The molecule has 0 aliphatic heterocycles. The molecular formula is C13H14S. The van der Waals surface area contributed by atoms with Crippen molar-refractivity contribution in [3.8, 4) is 0 Å². The minimum Gasteiger partial charge on any atom is -0.148 e. The molecule has 0 bridgehead atoms. The Labute approximate surface area is 90.8 Å². The third kappa shape index (κ3) is 1.78. The summed E-state index contributed by atoms with van der Waals surface area (Å²) in [6, 6.07) is 8.62. The summed E-state index contributed by atoms with van der Waals surface area (Å²) in [6.07, 6.45) is 5.07. The second-order valence-electron chi connectivity index (χ2n) is 3.62. The van der Waals surface area contributed by atoms with Crippen LogP contribution in [-0.4, -0.2) is 0 Å². The van der Waals surface area contributed by atoms with Crippen molar-refractivity contribution in [2.24, 2.45) is 0 Å². The molecule has 0 atom stereocenters. The second kappa shape index (κ2) is 4.05. The van der Waals surface area contributed by atoms with Gasteiger partial charge in [0, 0.05) is 0 Å². The Bertz CT molecular complexity index is 388. The number of fused-ring (bicyclic) bond motifs is 1. The van der Waals surface area contributed by atoms with Gasteiger partial charge in [0.05, 0.1) is 0 Å². The summed E-state index contributed by atoms with van der Waals surface area (Å²) in [6.45, 7) is 3.84. The SMILES string of the molecule is C=CC1=C(S)CCc2ccccc2C1. The molecule has 0 spiro atoms. The van der Waals surface area contributed by atoms with Gasteiger partial charge < -0.3 is 0 Å². The molecule has 0 saturated carbocycles. The van der Waals surface area contributed by atoms with Gasteiger partial charge in [-0.3, -0.25) is 0 Å². The number of hydrogen-bond donors (Lipinski definition) is 1. The average molecular weight is 202 g/mol. The molecule has 0 fully saturated rings. The Morgan fingerprint density at radius 3 is 2.57 bits per heavy atom. The van der Waals surface area contributed by atoms with Crippen LogP contribution in [0.5, 0.6) is 0 Å². The van der Waals surface area contributed by atoms with Crippen LogP contribution in [-0.2, 0) is 12.8 Å². The first-order valence-corrected chi connectivity index (χ1v) is 5.36. The van der Waals surface area contributed by atoms with Crippen molar-refractivity contribution in [1.82, 2.24) is 0 Å². The second-order valence-corrected chi connectivity index (χ2v) is 4.16. The van der Waals surface area contributed by atoms with E-state index in [1.165, 1.54) is 21.6 Å². The Morgan fingerprint density at radius 2 is 1.86 bits per heavy atom. The highest BCUT2D eigenvalue weighted by atomic mass is 32.1. The quantitative estimate of drug-likeness (QED) is 0.662. The van der Waals surface area contributed by atoms with Crippen LogP contribution in [0.2, 0.25) is 0 Å². The van der Waals surface area contributed by atoms with Crippen molar-refractivity contribution in [3.63, 3.8) is 0 Å². The van der Waals surface area contributed by atoms with E-state index in [4.69, 9.17) is 0 Å². The third-order valence-corrected chi connectivity index (χ3v) is 3.26. The summed E-state index contributed by atoms with van der Waals surface area (Å²) in [4.78, 5) is 1.19. The first kappa shape index (κ1) is 9.60. The lowest BCUT2D eigenvalue weighted by Gasteiger charge is -2.04. The van der Waals surface area contributed by atoms with Crippen molar-refractivity contribution in [1.29, 1.82) is 0 Å². The summed E-state index contributed by atoms with van der Waals surface area (Å²) in [5.74, 6) is 0. The Hall–Kier alpha value is -0.950. The fourth-order valence-electron chi connectivity index (χ4n) is 1.88. The molecule has 72 valence electrons. The van der Waals surface area contributed by atoms with Gasteiger partial charge in [-0.25, -0.2) is 0 Å². The van der Waals surface area contributed by atoms with Crippen LogP contribution in [0.15, 0.2) is 47.4 Å². The lowest BCUT2D eigenvalue weighted by Crippen LogP contribution is -1.91. The molecular weight excluding hydrogens is 188 g/mol. The molecule has 0 N–H and O–H groups in total. The van der Waals surface area contributed by atoms with Crippen molar-refractivity contribution < 1.29 is 0 Å². The zero-order chi connectivity index (χ0) is 9.97. The summed E-state index contributed by atoms with van der Waals surface area (Å²) in [7, 11) is 0. The molecule has 0 amide bonds. The highest BCUT2D eigenvalue weighted by molar-refractivity contribution is 7.84. The minimum atomic E-state index is 0.985. The van der Waals surface area contributed by atoms with E-state index in [1.807, 2.05) is 6.08 Å². The van der Waals surface area contributed by atoms with E-state index >= 15 is 0 Å². The molecule has 14 heavy (non-hydrogen) atoms. The summed E-state index contributed by atoms with van der Waals surface area (Å²) < 4.78 is 0. The molecule has 1 aromatic carbocycles. The van der Waals surface area contributed by atoms with Crippen LogP contribution in [0.1, 0.15) is 17.5 Å². The number of thiol groups is 1. The number of benzene rings is 1. The van der Waals surface area contributed by atoms with E-state index in [-0.39, 0.29) is 0 Å². The van der Waals surface area contributed by atoms with E-state index in [1.54, 1.807) is 0 Å². The van der Waals surface area contributed by atoms with Gasteiger partial charge in [-0.2, -0.15) is 0 Å². The first-order chi connectivity index (χ1) is 6.81. The van der Waals surface area contributed by atoms with E-state index in [9.17, 15) is 0 Å². The van der Waals surface area contributed by atoms with Crippen LogP contribution in [0, 0.1) is 0 Å². The summed E-state index contributed by atoms with van der Waals surface area (Å²) in [5.41, 5.74) is 4.15. The predicted octanol–water partition coefficient (Wildman–Crippen LogP) is 3.55. The largest absolute Gasteiger partial charge is 0.148 e. The normalized spacial score (nSPS) is 16.1. The van der Waals surface area contributed by atoms with Crippen LogP contribution in [0.25, 0.3) is 0 Å². The first-order valence-electron chi connectivity index (χ1n) is 4.91. The standard InChI is InChI=1S/C13H14S/c1-2-10-9-12-6-4-3-5-11(12)7-8-13(10)14/h2-6,14H,1,7-9H2.